The summed E-state index contributed by atoms with van der Waals surface area (Å²) in [5, 5.41) is 0. The molecule has 1 aromatic rings. The van der Waals surface area contributed by atoms with E-state index < -0.39 is 11.9 Å². The number of hydrogen-bond donors (Lipinski definition) is 0. The molecule has 146 valence electrons. The molecule has 7 heteroatoms. The van der Waals surface area contributed by atoms with Crippen molar-refractivity contribution in [3.63, 3.8) is 0 Å². The van der Waals surface area contributed by atoms with E-state index >= 15 is 0 Å². The van der Waals surface area contributed by atoms with Gasteiger partial charge in [-0.25, -0.2) is 9.59 Å². The summed E-state index contributed by atoms with van der Waals surface area (Å²) in [5.41, 5.74) is 0.964. The molecule has 0 spiro atoms. The van der Waals surface area contributed by atoms with Gasteiger partial charge in [-0.2, -0.15) is 0 Å². The smallest absolute Gasteiger partial charge is 0.355 e. The monoisotopic (exact) mass is 382 g/mol. The van der Waals surface area contributed by atoms with E-state index in [1.807, 2.05) is 0 Å². The van der Waals surface area contributed by atoms with Crippen LogP contribution in [0.3, 0.4) is 0 Å². The summed E-state index contributed by atoms with van der Waals surface area (Å²) in [6, 6.07) is 7.00. The number of benzene rings is 1. The third-order valence-corrected chi connectivity index (χ3v) is 4.68. The van der Waals surface area contributed by atoms with E-state index in [2.05, 4.69) is 0 Å². The number of esters is 2. The van der Waals surface area contributed by atoms with Crippen LogP contribution in [0.5, 0.6) is 0 Å². The molecule has 2 heterocycles. The molecule has 1 aromatic carbocycles. The van der Waals surface area contributed by atoms with Gasteiger partial charge in [-0.15, -0.1) is 0 Å². The molecule has 0 aromatic heterocycles. The number of para-hydroxylation sites is 1. The molecular weight excluding hydrogens is 360 g/mol. The normalized spacial score (nSPS) is 16.2. The Bertz CT molecular complexity index is 879. The molecule has 3 rings (SSSR count). The van der Waals surface area contributed by atoms with Gasteiger partial charge in [0.2, 0.25) is 0 Å². The third kappa shape index (κ3) is 3.69. The van der Waals surface area contributed by atoms with E-state index in [1.54, 1.807) is 47.5 Å². The van der Waals surface area contributed by atoms with Crippen molar-refractivity contribution in [3.05, 3.63) is 65.5 Å². The molecule has 1 fully saturated rings. The number of carbonyl (C=O) groups excluding carboxylic acids is 3. The molecule has 2 aliphatic heterocycles. The highest BCUT2D eigenvalue weighted by molar-refractivity contribution is 6.07. The van der Waals surface area contributed by atoms with E-state index in [1.165, 1.54) is 25.2 Å². The number of methoxy groups -OCH3 is 2. The van der Waals surface area contributed by atoms with Gasteiger partial charge in [-0.1, -0.05) is 18.2 Å². The first-order valence-corrected chi connectivity index (χ1v) is 9.01. The number of allylic oxidation sites excluding steroid dienone is 2. The highest BCUT2D eigenvalue weighted by atomic mass is 16.5. The Morgan fingerprint density at radius 2 is 1.61 bits per heavy atom. The fraction of sp³-hybridized carbons (Fsp3) is 0.286. The molecular formula is C21H22N2O5. The average Bonchev–Trinajstić information content (AvgIpc) is 3.18. The Labute approximate surface area is 163 Å². The fourth-order valence-corrected chi connectivity index (χ4v) is 3.31. The summed E-state index contributed by atoms with van der Waals surface area (Å²) in [6.07, 6.45) is 8.35. The van der Waals surface area contributed by atoms with E-state index in [0.717, 1.165) is 12.8 Å². The highest BCUT2D eigenvalue weighted by Crippen LogP contribution is 2.30. The number of anilines is 1. The lowest BCUT2D eigenvalue weighted by Gasteiger charge is -2.26. The second-order valence-electron chi connectivity index (χ2n) is 6.33. The van der Waals surface area contributed by atoms with Crippen molar-refractivity contribution >= 4 is 23.5 Å². The van der Waals surface area contributed by atoms with Crippen LogP contribution in [0.25, 0.3) is 0 Å². The maximum Gasteiger partial charge on any atom is 0.355 e. The Kier molecular flexibility index (Phi) is 5.93. The van der Waals surface area contributed by atoms with Crippen molar-refractivity contribution in [2.45, 2.75) is 12.8 Å². The lowest BCUT2D eigenvalue weighted by Crippen LogP contribution is -2.31. The standard InChI is InChI=1S/C21H22N2O5/c1-27-20(25)16-10-5-6-14-23(18(16)21(26)28-2)17-11-4-3-9-15(17)19(24)22-12-7-8-13-22/h3-6,9-11,14H,7-8,12-13H2,1-2H3. The minimum Gasteiger partial charge on any atom is -0.465 e. The quantitative estimate of drug-likeness (QED) is 0.745. The van der Waals surface area contributed by atoms with E-state index in [9.17, 15) is 14.4 Å². The minimum atomic E-state index is -0.708. The number of nitrogens with zero attached hydrogens (tertiary/aromatic N) is 2. The predicted molar refractivity (Wildman–Crippen MR) is 103 cm³/mol. The first-order chi connectivity index (χ1) is 13.6. The van der Waals surface area contributed by atoms with E-state index in [4.69, 9.17) is 9.47 Å². The topological polar surface area (TPSA) is 76.2 Å². The fourth-order valence-electron chi connectivity index (χ4n) is 3.31. The van der Waals surface area contributed by atoms with Gasteiger partial charge in [0.25, 0.3) is 5.91 Å². The molecule has 0 unspecified atom stereocenters. The zero-order valence-corrected chi connectivity index (χ0v) is 15.9. The second kappa shape index (κ2) is 8.56. The predicted octanol–water partition coefficient (Wildman–Crippen LogP) is 2.41. The van der Waals surface area contributed by atoms with Gasteiger partial charge in [0.05, 0.1) is 31.0 Å². The average molecular weight is 382 g/mol. The number of rotatable bonds is 4. The van der Waals surface area contributed by atoms with Gasteiger partial charge in [-0.05, 0) is 37.1 Å². The zero-order chi connectivity index (χ0) is 20.1. The van der Waals surface area contributed by atoms with Crippen LogP contribution >= 0.6 is 0 Å². The maximum absolute atomic E-state index is 13.0. The summed E-state index contributed by atoms with van der Waals surface area (Å²) >= 11 is 0. The SMILES string of the molecule is COC(=O)C1=C(C(=O)OC)N(c2ccccc2C(=O)N2CCCC2)C=CC=C1. The maximum atomic E-state index is 13.0. The lowest BCUT2D eigenvalue weighted by molar-refractivity contribution is -0.139. The largest absolute Gasteiger partial charge is 0.465 e. The number of hydrogen-bond acceptors (Lipinski definition) is 6. The Hall–Kier alpha value is -3.35. The molecule has 0 bridgehead atoms. The number of carbonyl (C=O) groups is 3. The molecule has 0 N–H and O–H groups in total. The van der Waals surface area contributed by atoms with Gasteiger partial charge in [0.1, 0.15) is 5.70 Å². The molecule has 1 amide bonds. The second-order valence-corrected chi connectivity index (χ2v) is 6.33. The van der Waals surface area contributed by atoms with Gasteiger partial charge >= 0.3 is 11.9 Å². The molecule has 1 saturated heterocycles. The summed E-state index contributed by atoms with van der Waals surface area (Å²) in [5.74, 6) is -1.49. The van der Waals surface area contributed by atoms with Crippen molar-refractivity contribution in [1.82, 2.24) is 4.90 Å². The molecule has 2 aliphatic rings. The third-order valence-electron chi connectivity index (χ3n) is 4.68. The summed E-state index contributed by atoms with van der Waals surface area (Å²) < 4.78 is 9.74. The summed E-state index contributed by atoms with van der Waals surface area (Å²) in [4.78, 5) is 41.2. The van der Waals surface area contributed by atoms with Crippen LogP contribution in [0.4, 0.5) is 5.69 Å². The van der Waals surface area contributed by atoms with Crippen LogP contribution in [0.15, 0.2) is 60.0 Å². The molecule has 0 aliphatic carbocycles. The van der Waals surface area contributed by atoms with Crippen LogP contribution in [0.2, 0.25) is 0 Å². The van der Waals surface area contributed by atoms with Crippen LogP contribution in [-0.4, -0.2) is 50.1 Å². The number of amides is 1. The van der Waals surface area contributed by atoms with E-state index in [-0.39, 0.29) is 17.2 Å². The van der Waals surface area contributed by atoms with Crippen molar-refractivity contribution in [3.8, 4) is 0 Å². The van der Waals surface area contributed by atoms with Crippen LogP contribution in [-0.2, 0) is 19.1 Å². The van der Waals surface area contributed by atoms with Crippen LogP contribution in [0, 0.1) is 0 Å². The number of ether oxygens (including phenoxy) is 2. The van der Waals surface area contributed by atoms with Crippen LogP contribution < -0.4 is 4.90 Å². The van der Waals surface area contributed by atoms with Crippen molar-refractivity contribution in [2.75, 3.05) is 32.2 Å². The van der Waals surface area contributed by atoms with Gasteiger partial charge in [0, 0.05) is 19.3 Å². The zero-order valence-electron chi connectivity index (χ0n) is 15.9. The Morgan fingerprint density at radius 3 is 2.29 bits per heavy atom. The summed E-state index contributed by atoms with van der Waals surface area (Å²) in [7, 11) is 2.48. The molecule has 28 heavy (non-hydrogen) atoms. The van der Waals surface area contributed by atoms with Crippen LogP contribution in [0.1, 0.15) is 23.2 Å². The first kappa shape index (κ1) is 19.4. The molecule has 7 nitrogen and oxygen atoms in total. The van der Waals surface area contributed by atoms with Crippen molar-refractivity contribution in [2.24, 2.45) is 0 Å². The van der Waals surface area contributed by atoms with Crippen molar-refractivity contribution < 1.29 is 23.9 Å². The van der Waals surface area contributed by atoms with E-state index in [0.29, 0.717) is 24.3 Å². The van der Waals surface area contributed by atoms with Gasteiger partial charge in [0.15, 0.2) is 0 Å². The van der Waals surface area contributed by atoms with Gasteiger partial charge in [-0.3, -0.25) is 4.79 Å². The summed E-state index contributed by atoms with van der Waals surface area (Å²) in [6.45, 7) is 1.41. The highest BCUT2D eigenvalue weighted by Gasteiger charge is 2.30. The Morgan fingerprint density at radius 1 is 0.929 bits per heavy atom. The molecule has 0 saturated carbocycles. The number of likely N-dealkylation sites (tertiary alicyclic amines) is 1. The molecule has 0 atom stereocenters. The van der Waals surface area contributed by atoms with Crippen molar-refractivity contribution in [1.29, 1.82) is 0 Å². The lowest BCUT2D eigenvalue weighted by atomic mass is 10.1. The molecule has 0 radical (unpaired) electrons. The Balaban J connectivity index is 2.14. The first-order valence-electron chi connectivity index (χ1n) is 9.01. The van der Waals surface area contributed by atoms with Gasteiger partial charge < -0.3 is 19.3 Å². The minimum absolute atomic E-state index is 0.0129.